The van der Waals surface area contributed by atoms with Gasteiger partial charge in [-0.3, -0.25) is 9.78 Å². The number of aromatic nitrogens is 5. The second-order valence-corrected chi connectivity index (χ2v) is 9.32. The van der Waals surface area contributed by atoms with Gasteiger partial charge in [0.15, 0.2) is 0 Å². The molecule has 3 aromatic heterocycles. The van der Waals surface area contributed by atoms with Crippen LogP contribution in [0, 0.1) is 6.92 Å². The first-order valence-corrected chi connectivity index (χ1v) is 12.5. The van der Waals surface area contributed by atoms with E-state index in [0.717, 1.165) is 11.1 Å². The van der Waals surface area contributed by atoms with E-state index in [2.05, 4.69) is 30.2 Å². The third-order valence-corrected chi connectivity index (χ3v) is 6.52. The standard InChI is InChI=1S/C26H26ClN7O4/c1-4-18-13-38-26(36)34(18)25-31-15(3)30-24(33-25)29-14(2)19-9-16-10-20(27)22(11-21(16)32-23(19)35)37-12-17-7-5-6-8-28-17/h5-11,14,18H,4,12-13H2,1-3H3,(H,32,35)(H,29,30,31,33)/t14-,18+/m1/s1. The van der Waals surface area contributed by atoms with Crippen molar-refractivity contribution >= 4 is 40.5 Å². The van der Waals surface area contributed by atoms with Crippen LogP contribution >= 0.6 is 11.6 Å². The molecule has 1 aliphatic rings. The lowest BCUT2D eigenvalue weighted by atomic mass is 10.1. The van der Waals surface area contributed by atoms with Gasteiger partial charge in [-0.15, -0.1) is 0 Å². The number of aromatic amines is 1. The lowest BCUT2D eigenvalue weighted by Crippen LogP contribution is -2.35. The smallest absolute Gasteiger partial charge is 0.417 e. The number of cyclic esters (lactones) is 1. The summed E-state index contributed by atoms with van der Waals surface area (Å²) in [6.45, 7) is 6.02. The Kier molecular flexibility index (Phi) is 7.10. The van der Waals surface area contributed by atoms with Crippen LogP contribution in [0.2, 0.25) is 5.02 Å². The Morgan fingerprint density at radius 1 is 1.24 bits per heavy atom. The van der Waals surface area contributed by atoms with Gasteiger partial charge in [0.2, 0.25) is 11.9 Å². The number of benzene rings is 1. The second kappa shape index (κ2) is 10.6. The van der Waals surface area contributed by atoms with Crippen LogP contribution in [0.15, 0.2) is 47.4 Å². The molecule has 0 bridgehead atoms. The molecule has 196 valence electrons. The van der Waals surface area contributed by atoms with Crippen LogP contribution in [0.4, 0.5) is 16.7 Å². The van der Waals surface area contributed by atoms with Crippen LogP contribution in [0.25, 0.3) is 10.9 Å². The summed E-state index contributed by atoms with van der Waals surface area (Å²) in [4.78, 5) is 46.9. The predicted molar refractivity (Wildman–Crippen MR) is 143 cm³/mol. The molecular formula is C26H26ClN7O4. The highest BCUT2D eigenvalue weighted by atomic mass is 35.5. The molecule has 12 heteroatoms. The number of hydrogen-bond acceptors (Lipinski definition) is 9. The van der Waals surface area contributed by atoms with E-state index >= 15 is 0 Å². The summed E-state index contributed by atoms with van der Waals surface area (Å²) in [5.74, 6) is 1.32. The van der Waals surface area contributed by atoms with Crippen LogP contribution in [0.5, 0.6) is 5.75 Å². The zero-order valence-electron chi connectivity index (χ0n) is 21.1. The molecule has 1 fully saturated rings. The molecule has 11 nitrogen and oxygen atoms in total. The van der Waals surface area contributed by atoms with E-state index in [0.29, 0.717) is 34.1 Å². The minimum absolute atomic E-state index is 0.152. The number of fused-ring (bicyclic) bond motifs is 1. The number of carbonyl (C=O) groups excluding carboxylic acids is 1. The lowest BCUT2D eigenvalue weighted by molar-refractivity contribution is 0.178. The Bertz CT molecular complexity index is 1550. The number of rotatable bonds is 8. The monoisotopic (exact) mass is 535 g/mol. The predicted octanol–water partition coefficient (Wildman–Crippen LogP) is 4.56. The average molecular weight is 536 g/mol. The second-order valence-electron chi connectivity index (χ2n) is 8.91. The van der Waals surface area contributed by atoms with Gasteiger partial charge in [-0.25, -0.2) is 9.69 Å². The molecule has 38 heavy (non-hydrogen) atoms. The normalized spacial score (nSPS) is 15.9. The van der Waals surface area contributed by atoms with Gasteiger partial charge in [0.25, 0.3) is 5.56 Å². The fourth-order valence-corrected chi connectivity index (χ4v) is 4.44. The Morgan fingerprint density at radius 2 is 2.08 bits per heavy atom. The molecule has 0 unspecified atom stereocenters. The van der Waals surface area contributed by atoms with E-state index < -0.39 is 12.1 Å². The first kappa shape index (κ1) is 25.4. The molecule has 2 N–H and O–H groups in total. The molecule has 0 saturated carbocycles. The molecule has 1 aliphatic heterocycles. The van der Waals surface area contributed by atoms with E-state index in [4.69, 9.17) is 21.1 Å². The molecule has 2 atom stereocenters. The quantitative estimate of drug-likeness (QED) is 0.333. The van der Waals surface area contributed by atoms with Crippen molar-refractivity contribution < 1.29 is 14.3 Å². The van der Waals surface area contributed by atoms with E-state index in [-0.39, 0.29) is 36.7 Å². The summed E-state index contributed by atoms with van der Waals surface area (Å²) in [5.41, 5.74) is 1.52. The third kappa shape index (κ3) is 5.23. The average Bonchev–Trinajstić information content (AvgIpc) is 3.28. The van der Waals surface area contributed by atoms with E-state index in [1.54, 1.807) is 31.3 Å². The third-order valence-electron chi connectivity index (χ3n) is 6.22. The Hall–Kier alpha value is -4.25. The zero-order chi connectivity index (χ0) is 26.8. The highest BCUT2D eigenvalue weighted by Gasteiger charge is 2.35. The van der Waals surface area contributed by atoms with Gasteiger partial charge in [0, 0.05) is 23.2 Å². The molecule has 0 aliphatic carbocycles. The summed E-state index contributed by atoms with van der Waals surface area (Å²) in [7, 11) is 0. The van der Waals surface area contributed by atoms with Crippen molar-refractivity contribution in [3.05, 3.63) is 75.1 Å². The van der Waals surface area contributed by atoms with Crippen molar-refractivity contribution in [1.82, 2.24) is 24.9 Å². The molecular weight excluding hydrogens is 510 g/mol. The fraction of sp³-hybridized carbons (Fsp3) is 0.308. The molecule has 1 aromatic carbocycles. The minimum atomic E-state index is -0.493. The molecule has 1 saturated heterocycles. The number of ether oxygens (including phenoxy) is 2. The largest absolute Gasteiger partial charge is 0.486 e. The van der Waals surface area contributed by atoms with Gasteiger partial charge >= 0.3 is 6.09 Å². The number of hydrogen-bond donors (Lipinski definition) is 2. The van der Waals surface area contributed by atoms with Crippen molar-refractivity contribution in [3.63, 3.8) is 0 Å². The van der Waals surface area contributed by atoms with Crippen LogP contribution in [-0.4, -0.2) is 43.7 Å². The molecule has 1 amide bonds. The number of H-pyrrole nitrogens is 1. The summed E-state index contributed by atoms with van der Waals surface area (Å²) in [5, 5.41) is 4.30. The van der Waals surface area contributed by atoms with Gasteiger partial charge in [-0.05, 0) is 44.5 Å². The van der Waals surface area contributed by atoms with Gasteiger partial charge in [0.1, 0.15) is 24.8 Å². The van der Waals surface area contributed by atoms with E-state index in [1.807, 2.05) is 32.0 Å². The van der Waals surface area contributed by atoms with Crippen molar-refractivity contribution in [1.29, 1.82) is 0 Å². The van der Waals surface area contributed by atoms with Gasteiger partial charge in [-0.2, -0.15) is 15.0 Å². The van der Waals surface area contributed by atoms with Crippen LogP contribution in [0.3, 0.4) is 0 Å². The number of carbonyl (C=O) groups is 1. The Labute approximate surface area is 223 Å². The number of halogens is 1. The molecule has 0 radical (unpaired) electrons. The maximum Gasteiger partial charge on any atom is 0.417 e. The fourth-order valence-electron chi connectivity index (χ4n) is 4.21. The first-order valence-electron chi connectivity index (χ1n) is 12.2. The van der Waals surface area contributed by atoms with Crippen molar-refractivity contribution in [2.24, 2.45) is 0 Å². The van der Waals surface area contributed by atoms with Crippen molar-refractivity contribution in [2.75, 3.05) is 16.8 Å². The SMILES string of the molecule is CC[C@H]1COC(=O)N1c1nc(C)nc(N[C@H](C)c2cc3cc(Cl)c(OCc4ccccn4)cc3[nH]c2=O)n1. The number of aryl methyl sites for hydroxylation is 1. The molecule has 4 aromatic rings. The first-order chi connectivity index (χ1) is 18.3. The van der Waals surface area contributed by atoms with Gasteiger partial charge in [-0.1, -0.05) is 24.6 Å². The van der Waals surface area contributed by atoms with E-state index in [9.17, 15) is 9.59 Å². The Balaban J connectivity index is 1.38. The molecule has 4 heterocycles. The highest BCUT2D eigenvalue weighted by molar-refractivity contribution is 6.32. The minimum Gasteiger partial charge on any atom is -0.486 e. The molecule has 5 rings (SSSR count). The highest BCUT2D eigenvalue weighted by Crippen LogP contribution is 2.31. The number of anilines is 2. The summed E-state index contributed by atoms with van der Waals surface area (Å²) >= 11 is 6.48. The van der Waals surface area contributed by atoms with Gasteiger partial charge < -0.3 is 19.8 Å². The lowest BCUT2D eigenvalue weighted by Gasteiger charge is -2.20. The topological polar surface area (TPSA) is 135 Å². The van der Waals surface area contributed by atoms with Crippen LogP contribution < -0.4 is 20.5 Å². The summed E-state index contributed by atoms with van der Waals surface area (Å²) < 4.78 is 11.0. The Morgan fingerprint density at radius 3 is 2.84 bits per heavy atom. The van der Waals surface area contributed by atoms with Crippen LogP contribution in [0.1, 0.15) is 43.4 Å². The zero-order valence-corrected chi connectivity index (χ0v) is 21.8. The maximum absolute atomic E-state index is 13.0. The summed E-state index contributed by atoms with van der Waals surface area (Å²) in [6, 6.07) is 10.1. The number of nitrogens with zero attached hydrogens (tertiary/aromatic N) is 5. The van der Waals surface area contributed by atoms with Crippen molar-refractivity contribution in [3.8, 4) is 5.75 Å². The maximum atomic E-state index is 13.0. The van der Waals surface area contributed by atoms with E-state index in [1.165, 1.54) is 4.90 Å². The summed E-state index contributed by atoms with van der Waals surface area (Å²) in [6.07, 6.45) is 1.89. The van der Waals surface area contributed by atoms with Crippen molar-refractivity contribution in [2.45, 2.75) is 45.9 Å². The van der Waals surface area contributed by atoms with Crippen LogP contribution in [-0.2, 0) is 11.3 Å². The van der Waals surface area contributed by atoms with Gasteiger partial charge in [0.05, 0.1) is 28.3 Å². The number of amides is 1. The number of pyridine rings is 2. The molecule has 0 spiro atoms. The number of nitrogens with one attached hydrogen (secondary N) is 2.